The van der Waals surface area contributed by atoms with E-state index in [4.69, 9.17) is 14.3 Å². The van der Waals surface area contributed by atoms with Gasteiger partial charge in [-0.05, 0) is 83.5 Å². The van der Waals surface area contributed by atoms with Gasteiger partial charge < -0.3 is 14.3 Å². The Kier molecular flexibility index (Phi) is 13.2. The largest absolute Gasteiger partial charge is 0.490 e. The maximum Gasteiger partial charge on any atom is 0.169 e. The van der Waals surface area contributed by atoms with E-state index in [0.29, 0.717) is 37.7 Å². The van der Waals surface area contributed by atoms with Crippen molar-refractivity contribution in [2.75, 3.05) is 19.8 Å². The molecule has 1 aromatic carbocycles. The number of unbranched alkanes of at least 4 members (excludes halogenated alkanes) is 4. The van der Waals surface area contributed by atoms with Crippen molar-refractivity contribution < 1.29 is 18.7 Å². The fourth-order valence-corrected chi connectivity index (χ4v) is 2.74. The zero-order valence-corrected chi connectivity index (χ0v) is 20.1. The van der Waals surface area contributed by atoms with Crippen molar-refractivity contribution in [1.29, 1.82) is 0 Å². The Hall–Kier alpha value is -1.08. The van der Waals surface area contributed by atoms with Crippen LogP contribution in [0.3, 0.4) is 0 Å². The Balaban J connectivity index is 2.33. The van der Waals surface area contributed by atoms with Gasteiger partial charge in [-0.15, -0.1) is 0 Å². The summed E-state index contributed by atoms with van der Waals surface area (Å²) in [4.78, 5) is 5.17. The first-order valence-corrected chi connectivity index (χ1v) is 11.2. The van der Waals surface area contributed by atoms with Crippen LogP contribution in [-0.2, 0) is 11.3 Å². The van der Waals surface area contributed by atoms with E-state index in [9.17, 15) is 4.39 Å². The maximum atomic E-state index is 14.4. The van der Waals surface area contributed by atoms with Gasteiger partial charge in [0.15, 0.2) is 11.6 Å². The van der Waals surface area contributed by atoms with Gasteiger partial charge in [0.1, 0.15) is 19.0 Å². The summed E-state index contributed by atoms with van der Waals surface area (Å²) in [5.41, 5.74) is 1.75. The van der Waals surface area contributed by atoms with Crippen molar-refractivity contribution in [3.63, 3.8) is 0 Å². The van der Waals surface area contributed by atoms with Crippen molar-refractivity contribution in [1.82, 2.24) is 0 Å². The van der Waals surface area contributed by atoms with E-state index in [1.165, 1.54) is 6.07 Å². The highest BCUT2D eigenvalue weighted by atomic mass is 79.9. The van der Waals surface area contributed by atoms with Crippen LogP contribution in [0.4, 0.5) is 4.39 Å². The summed E-state index contributed by atoms with van der Waals surface area (Å²) in [5.74, 6) is 0.470. The molecular weight excluding hydrogens is 493 g/mol. The van der Waals surface area contributed by atoms with Crippen molar-refractivity contribution in [2.24, 2.45) is 5.16 Å². The average Bonchev–Trinajstić information content (AvgIpc) is 2.63. The number of benzene rings is 1. The van der Waals surface area contributed by atoms with Crippen LogP contribution in [0.1, 0.15) is 58.4 Å². The summed E-state index contributed by atoms with van der Waals surface area (Å²) >= 11 is 6.52. The second kappa shape index (κ2) is 14.9. The Morgan fingerprint density at radius 1 is 1.04 bits per heavy atom. The molecule has 0 saturated carbocycles. The molecule has 0 aliphatic rings. The minimum atomic E-state index is -0.375. The number of rotatable bonds is 14. The number of halogens is 3. The zero-order valence-electron chi connectivity index (χ0n) is 16.9. The van der Waals surface area contributed by atoms with Gasteiger partial charge in [0.2, 0.25) is 0 Å². The third-order valence-corrected chi connectivity index (χ3v) is 4.48. The van der Waals surface area contributed by atoms with E-state index in [2.05, 4.69) is 37.0 Å². The third kappa shape index (κ3) is 11.1. The molecule has 0 spiro atoms. The minimum Gasteiger partial charge on any atom is -0.490 e. The van der Waals surface area contributed by atoms with Crippen LogP contribution in [0.2, 0.25) is 0 Å². The second-order valence-electron chi connectivity index (χ2n) is 6.54. The summed E-state index contributed by atoms with van der Waals surface area (Å²) in [7, 11) is 0. The van der Waals surface area contributed by atoms with E-state index in [1.54, 1.807) is 6.08 Å². The van der Waals surface area contributed by atoms with Gasteiger partial charge in [-0.25, -0.2) is 4.39 Å². The van der Waals surface area contributed by atoms with Crippen LogP contribution in [0, 0.1) is 5.82 Å². The molecule has 0 fully saturated rings. The van der Waals surface area contributed by atoms with Gasteiger partial charge in [-0.2, -0.15) is 0 Å². The van der Waals surface area contributed by atoms with Crippen molar-refractivity contribution in [3.8, 4) is 11.5 Å². The fraction of sp³-hybridized carbons (Fsp3) is 0.571. The molecule has 1 aromatic rings. The van der Waals surface area contributed by atoms with Gasteiger partial charge in [-0.3, -0.25) is 0 Å². The lowest BCUT2D eigenvalue weighted by Crippen LogP contribution is -2.04. The summed E-state index contributed by atoms with van der Waals surface area (Å²) in [6.07, 6.45) is 7.63. The van der Waals surface area contributed by atoms with Crippen LogP contribution in [0.25, 0.3) is 0 Å². The highest BCUT2D eigenvalue weighted by molar-refractivity contribution is 9.28. The normalized spacial score (nSPS) is 10.4. The molecule has 158 valence electrons. The van der Waals surface area contributed by atoms with Gasteiger partial charge in [0.05, 0.1) is 15.7 Å². The quantitative estimate of drug-likeness (QED) is 0.148. The predicted molar refractivity (Wildman–Crippen MR) is 121 cm³/mol. The summed E-state index contributed by atoms with van der Waals surface area (Å²) < 4.78 is 26.5. The number of hydrogen-bond acceptors (Lipinski definition) is 4. The molecular formula is C21H30Br2FNO3. The van der Waals surface area contributed by atoms with Crippen molar-refractivity contribution in [3.05, 3.63) is 33.0 Å². The Morgan fingerprint density at radius 3 is 2.36 bits per heavy atom. The number of aryl methyl sites for hydroxylation is 1. The van der Waals surface area contributed by atoms with E-state index in [0.717, 1.165) is 46.8 Å². The van der Waals surface area contributed by atoms with E-state index in [1.807, 2.05) is 26.8 Å². The number of ether oxygens (including phenoxy) is 2. The SMILES string of the molecule is CCc1cc(OCC=C(Br)Br)cc(F)c1OCCCCCCCON=C(C)C. The van der Waals surface area contributed by atoms with Crippen molar-refractivity contribution in [2.45, 2.75) is 59.3 Å². The first-order valence-electron chi connectivity index (χ1n) is 9.66. The first-order chi connectivity index (χ1) is 13.4. The molecule has 1 rings (SSSR count). The second-order valence-corrected chi connectivity index (χ2v) is 9.31. The fourth-order valence-electron chi connectivity index (χ4n) is 2.48. The smallest absolute Gasteiger partial charge is 0.169 e. The molecule has 0 unspecified atom stereocenters. The zero-order chi connectivity index (χ0) is 20.8. The van der Waals surface area contributed by atoms with E-state index >= 15 is 0 Å². The summed E-state index contributed by atoms with van der Waals surface area (Å²) in [6, 6.07) is 3.22. The number of oxime groups is 1. The Bertz CT molecular complexity index is 643. The summed E-state index contributed by atoms with van der Waals surface area (Å²) in [5, 5.41) is 3.91. The Morgan fingerprint density at radius 2 is 1.71 bits per heavy atom. The topological polar surface area (TPSA) is 40.0 Å². The molecule has 0 saturated heterocycles. The van der Waals surface area contributed by atoms with E-state index in [-0.39, 0.29) is 5.82 Å². The third-order valence-electron chi connectivity index (χ3n) is 3.84. The predicted octanol–water partition coefficient (Wildman–Crippen LogP) is 7.14. The molecule has 0 N–H and O–H groups in total. The van der Waals surface area contributed by atoms with Crippen LogP contribution < -0.4 is 9.47 Å². The lowest BCUT2D eigenvalue weighted by atomic mass is 10.1. The minimum absolute atomic E-state index is 0.341. The number of nitrogens with zero attached hydrogens (tertiary/aromatic N) is 1. The molecule has 0 aliphatic heterocycles. The molecule has 0 aliphatic carbocycles. The molecule has 0 bridgehead atoms. The molecule has 28 heavy (non-hydrogen) atoms. The van der Waals surface area contributed by atoms with E-state index < -0.39 is 0 Å². The molecule has 0 atom stereocenters. The molecule has 4 nitrogen and oxygen atoms in total. The van der Waals surface area contributed by atoms with Crippen molar-refractivity contribution >= 4 is 37.6 Å². The van der Waals surface area contributed by atoms with Crippen LogP contribution in [-0.4, -0.2) is 25.5 Å². The molecule has 0 heterocycles. The van der Waals surface area contributed by atoms with Crippen LogP contribution in [0.5, 0.6) is 11.5 Å². The molecule has 0 amide bonds. The van der Waals surface area contributed by atoms with Gasteiger partial charge >= 0.3 is 0 Å². The van der Waals surface area contributed by atoms with Gasteiger partial charge in [0, 0.05) is 11.6 Å². The highest BCUT2D eigenvalue weighted by Gasteiger charge is 2.12. The lowest BCUT2D eigenvalue weighted by molar-refractivity contribution is 0.139. The highest BCUT2D eigenvalue weighted by Crippen LogP contribution is 2.29. The van der Waals surface area contributed by atoms with Crippen LogP contribution in [0.15, 0.2) is 26.8 Å². The average molecular weight is 523 g/mol. The molecule has 0 aromatic heterocycles. The lowest BCUT2D eigenvalue weighted by Gasteiger charge is -2.14. The molecule has 7 heteroatoms. The monoisotopic (exact) mass is 521 g/mol. The molecule has 0 radical (unpaired) electrons. The van der Waals surface area contributed by atoms with Gasteiger partial charge in [-0.1, -0.05) is 24.9 Å². The number of hydrogen-bond donors (Lipinski definition) is 0. The standard InChI is InChI=1S/C21H30Br2FNO3/c1-4-17-14-18(26-13-10-20(22)23)15-19(24)21(17)27-11-8-6-5-7-9-12-28-25-16(2)3/h10,14-15H,4-9,11-13H2,1-3H3. The maximum absolute atomic E-state index is 14.4. The van der Waals surface area contributed by atoms with Crippen LogP contribution >= 0.6 is 31.9 Å². The van der Waals surface area contributed by atoms with Gasteiger partial charge in [0.25, 0.3) is 0 Å². The first kappa shape index (κ1) is 25.0. The summed E-state index contributed by atoms with van der Waals surface area (Å²) in [6.45, 7) is 7.32. The Labute approximate surface area is 184 Å².